The van der Waals surface area contributed by atoms with Gasteiger partial charge in [0.1, 0.15) is 0 Å². The average molecular weight is 371 g/mol. The van der Waals surface area contributed by atoms with E-state index >= 15 is 0 Å². The van der Waals surface area contributed by atoms with E-state index in [1.807, 2.05) is 14.0 Å². The molecule has 0 amide bonds. The number of hydrogen-bond acceptors (Lipinski definition) is 3. The van der Waals surface area contributed by atoms with Crippen LogP contribution in [0.5, 0.6) is 5.88 Å². The van der Waals surface area contributed by atoms with Crippen LogP contribution in [0.15, 0.2) is 18.2 Å². The summed E-state index contributed by atoms with van der Waals surface area (Å²) in [5.74, 6) is 0.812. The Balaban J connectivity index is 2.16. The molecule has 0 aliphatic rings. The van der Waals surface area contributed by atoms with Crippen molar-refractivity contribution < 1.29 is 4.74 Å². The Morgan fingerprint density at radius 1 is 1.37 bits per heavy atom. The second-order valence-electron chi connectivity index (χ2n) is 4.51. The van der Waals surface area contributed by atoms with E-state index in [-0.39, 0.29) is 0 Å². The van der Waals surface area contributed by atoms with Gasteiger partial charge in [-0.25, -0.2) is 4.68 Å². The third-order valence-electron chi connectivity index (χ3n) is 3.12. The van der Waals surface area contributed by atoms with Crippen molar-refractivity contribution in [2.24, 2.45) is 7.05 Å². The zero-order valence-corrected chi connectivity index (χ0v) is 13.8. The van der Waals surface area contributed by atoms with Gasteiger partial charge in [-0.3, -0.25) is 0 Å². The zero-order chi connectivity index (χ0) is 14.0. The van der Waals surface area contributed by atoms with Gasteiger partial charge in [0.15, 0.2) is 0 Å². The van der Waals surface area contributed by atoms with E-state index in [1.165, 1.54) is 9.13 Å². The highest BCUT2D eigenvalue weighted by Gasteiger charge is 2.13. The van der Waals surface area contributed by atoms with Crippen LogP contribution in [0.2, 0.25) is 0 Å². The van der Waals surface area contributed by atoms with Crippen LogP contribution >= 0.6 is 22.6 Å². The molecule has 0 fully saturated rings. The fraction of sp³-hybridized carbons (Fsp3) is 0.357. The summed E-state index contributed by atoms with van der Waals surface area (Å²) in [6, 6.07) is 6.36. The Bertz CT molecular complexity index is 593. The normalized spacial score (nSPS) is 10.6. The predicted molar refractivity (Wildman–Crippen MR) is 85.7 cm³/mol. The lowest BCUT2D eigenvalue weighted by atomic mass is 10.2. The summed E-state index contributed by atoms with van der Waals surface area (Å²) in [6.07, 6.45) is 0. The molecule has 0 atom stereocenters. The lowest BCUT2D eigenvalue weighted by Crippen LogP contribution is -2.03. The smallest absolute Gasteiger partial charge is 0.216 e. The van der Waals surface area contributed by atoms with Gasteiger partial charge in [0.2, 0.25) is 5.88 Å². The number of halogens is 1. The molecule has 4 nitrogen and oxygen atoms in total. The van der Waals surface area contributed by atoms with Gasteiger partial charge in [0.05, 0.1) is 18.4 Å². The number of rotatable bonds is 4. The molecular weight excluding hydrogens is 353 g/mol. The van der Waals surface area contributed by atoms with Crippen molar-refractivity contribution in [3.05, 3.63) is 38.6 Å². The maximum Gasteiger partial charge on any atom is 0.216 e. The third-order valence-corrected chi connectivity index (χ3v) is 4.29. The molecule has 1 heterocycles. The molecular formula is C14H18IN3O. The summed E-state index contributed by atoms with van der Waals surface area (Å²) in [5.41, 5.74) is 4.50. The number of nitrogens with zero attached hydrogens (tertiary/aromatic N) is 2. The second-order valence-corrected chi connectivity index (χ2v) is 5.68. The van der Waals surface area contributed by atoms with Crippen LogP contribution in [-0.4, -0.2) is 16.9 Å². The minimum absolute atomic E-state index is 0.710. The van der Waals surface area contributed by atoms with E-state index in [1.54, 1.807) is 11.8 Å². The number of benzene rings is 1. The van der Waals surface area contributed by atoms with Crippen molar-refractivity contribution in [2.75, 3.05) is 12.4 Å². The monoisotopic (exact) mass is 371 g/mol. The predicted octanol–water partition coefficient (Wildman–Crippen LogP) is 3.26. The lowest BCUT2D eigenvalue weighted by Gasteiger charge is -2.09. The molecule has 0 bridgehead atoms. The number of nitrogens with one attached hydrogen (secondary N) is 1. The summed E-state index contributed by atoms with van der Waals surface area (Å²) in [6.45, 7) is 4.82. The summed E-state index contributed by atoms with van der Waals surface area (Å²) in [5, 5.41) is 7.80. The SMILES string of the molecule is COc1c(CNc2ccc(C)c(I)c2)c(C)nn1C. The molecule has 0 unspecified atom stereocenters. The number of methoxy groups -OCH3 is 1. The molecule has 102 valence electrons. The molecule has 1 N–H and O–H groups in total. The molecule has 5 heteroatoms. The fourth-order valence-electron chi connectivity index (χ4n) is 2.03. The van der Waals surface area contributed by atoms with Crippen LogP contribution in [0.3, 0.4) is 0 Å². The van der Waals surface area contributed by atoms with Gasteiger partial charge in [0, 0.05) is 22.8 Å². The number of anilines is 1. The molecule has 1 aromatic heterocycles. The van der Waals surface area contributed by atoms with Gasteiger partial charge in [-0.2, -0.15) is 5.10 Å². The maximum absolute atomic E-state index is 5.39. The second kappa shape index (κ2) is 5.81. The Morgan fingerprint density at radius 3 is 2.74 bits per heavy atom. The minimum atomic E-state index is 0.710. The van der Waals surface area contributed by atoms with Gasteiger partial charge in [-0.1, -0.05) is 6.07 Å². The highest BCUT2D eigenvalue weighted by molar-refractivity contribution is 14.1. The van der Waals surface area contributed by atoms with E-state index in [0.717, 1.165) is 22.8 Å². The summed E-state index contributed by atoms with van der Waals surface area (Å²) in [7, 11) is 3.57. The number of hydrogen-bond donors (Lipinski definition) is 1. The van der Waals surface area contributed by atoms with Crippen molar-refractivity contribution in [1.82, 2.24) is 9.78 Å². The van der Waals surface area contributed by atoms with Crippen molar-refractivity contribution in [3.8, 4) is 5.88 Å². The van der Waals surface area contributed by atoms with Crippen LogP contribution < -0.4 is 10.1 Å². The molecule has 0 saturated carbocycles. The Morgan fingerprint density at radius 2 is 2.11 bits per heavy atom. The first-order chi connectivity index (χ1) is 9.02. The summed E-state index contributed by atoms with van der Waals surface area (Å²) < 4.78 is 8.42. The fourth-order valence-corrected chi connectivity index (χ4v) is 2.55. The Kier molecular flexibility index (Phi) is 4.34. The largest absolute Gasteiger partial charge is 0.481 e. The highest BCUT2D eigenvalue weighted by atomic mass is 127. The molecule has 0 radical (unpaired) electrons. The van der Waals surface area contributed by atoms with E-state index in [0.29, 0.717) is 6.54 Å². The number of aromatic nitrogens is 2. The highest BCUT2D eigenvalue weighted by Crippen LogP contribution is 2.23. The third kappa shape index (κ3) is 3.02. The average Bonchev–Trinajstić information content (AvgIpc) is 2.64. The van der Waals surface area contributed by atoms with Gasteiger partial charge < -0.3 is 10.1 Å². The first-order valence-corrected chi connectivity index (χ1v) is 7.17. The van der Waals surface area contributed by atoms with Crippen LogP contribution in [0, 0.1) is 17.4 Å². The standard InChI is InChI=1S/C14H18IN3O/c1-9-5-6-11(7-13(9)15)16-8-12-10(2)17-18(3)14(12)19-4/h5-7,16H,8H2,1-4H3. The molecule has 0 spiro atoms. The van der Waals surface area contributed by atoms with Gasteiger partial charge in [-0.05, 0) is 54.1 Å². The summed E-state index contributed by atoms with van der Waals surface area (Å²) >= 11 is 2.35. The molecule has 2 rings (SSSR count). The molecule has 0 aliphatic heterocycles. The minimum Gasteiger partial charge on any atom is -0.481 e. The first kappa shape index (κ1) is 14.2. The number of ether oxygens (including phenoxy) is 1. The van der Waals surface area contributed by atoms with Crippen LogP contribution in [0.1, 0.15) is 16.8 Å². The van der Waals surface area contributed by atoms with Crippen LogP contribution in [0.25, 0.3) is 0 Å². The van der Waals surface area contributed by atoms with Crippen molar-refractivity contribution in [3.63, 3.8) is 0 Å². The molecule has 1 aromatic carbocycles. The van der Waals surface area contributed by atoms with Crippen LogP contribution in [0.4, 0.5) is 5.69 Å². The van der Waals surface area contributed by atoms with Crippen molar-refractivity contribution in [1.29, 1.82) is 0 Å². The molecule has 0 aliphatic carbocycles. The van der Waals surface area contributed by atoms with E-state index in [2.05, 4.69) is 58.1 Å². The van der Waals surface area contributed by atoms with Gasteiger partial charge in [-0.15, -0.1) is 0 Å². The topological polar surface area (TPSA) is 39.1 Å². The zero-order valence-electron chi connectivity index (χ0n) is 11.6. The van der Waals surface area contributed by atoms with E-state index in [4.69, 9.17) is 4.74 Å². The molecule has 19 heavy (non-hydrogen) atoms. The van der Waals surface area contributed by atoms with Gasteiger partial charge in [0.25, 0.3) is 0 Å². The molecule has 2 aromatic rings. The summed E-state index contributed by atoms with van der Waals surface area (Å²) in [4.78, 5) is 0. The van der Waals surface area contributed by atoms with Crippen molar-refractivity contribution in [2.45, 2.75) is 20.4 Å². The van der Waals surface area contributed by atoms with Gasteiger partial charge >= 0.3 is 0 Å². The lowest BCUT2D eigenvalue weighted by molar-refractivity contribution is 0.370. The van der Waals surface area contributed by atoms with Crippen molar-refractivity contribution >= 4 is 28.3 Å². The Hall–Kier alpha value is -1.24. The Labute approximate surface area is 127 Å². The number of aryl methyl sites for hydroxylation is 3. The molecule has 0 saturated heterocycles. The first-order valence-electron chi connectivity index (χ1n) is 6.09. The maximum atomic E-state index is 5.39. The van der Waals surface area contributed by atoms with E-state index in [9.17, 15) is 0 Å². The quantitative estimate of drug-likeness (QED) is 0.839. The van der Waals surface area contributed by atoms with Crippen LogP contribution in [-0.2, 0) is 13.6 Å². The van der Waals surface area contributed by atoms with E-state index < -0.39 is 0 Å².